The molecule has 184 valence electrons. The lowest BCUT2D eigenvalue weighted by Crippen LogP contribution is -2.43. The van der Waals surface area contributed by atoms with Crippen molar-refractivity contribution in [1.82, 2.24) is 15.1 Å². The zero-order valence-corrected chi connectivity index (χ0v) is 19.9. The maximum Gasteiger partial charge on any atom is 0.271 e. The Labute approximate surface area is 203 Å². The second-order valence-corrected chi connectivity index (χ2v) is 8.34. The van der Waals surface area contributed by atoms with Gasteiger partial charge >= 0.3 is 0 Å². The molecule has 3 aromatic rings. The second kappa shape index (κ2) is 11.0. The van der Waals surface area contributed by atoms with E-state index in [4.69, 9.17) is 9.47 Å². The quantitative estimate of drug-likeness (QED) is 0.533. The van der Waals surface area contributed by atoms with Gasteiger partial charge in [-0.25, -0.2) is 4.39 Å². The molecule has 2 heterocycles. The van der Waals surface area contributed by atoms with Crippen LogP contribution in [0.25, 0.3) is 5.69 Å². The van der Waals surface area contributed by atoms with Gasteiger partial charge in [0.25, 0.3) is 5.56 Å². The fourth-order valence-corrected chi connectivity index (χ4v) is 4.19. The number of anilines is 1. The highest BCUT2D eigenvalue weighted by Crippen LogP contribution is 2.28. The van der Waals surface area contributed by atoms with E-state index in [0.717, 1.165) is 18.4 Å². The normalized spacial score (nSPS) is 15.5. The molecule has 2 aromatic carbocycles. The summed E-state index contributed by atoms with van der Waals surface area (Å²) in [5, 5.41) is 7.46. The minimum atomic E-state index is -0.443. The average Bonchev–Trinajstić information content (AvgIpc) is 2.88. The number of benzene rings is 2. The molecular weight excluding hydrogens is 451 g/mol. The molecule has 1 N–H and O–H groups in total. The predicted octanol–water partition coefficient (Wildman–Crippen LogP) is 3.31. The number of halogens is 1. The Hall–Kier alpha value is -3.88. The van der Waals surface area contributed by atoms with Crippen LogP contribution in [0.3, 0.4) is 0 Å². The number of amides is 1. The number of rotatable bonds is 8. The highest BCUT2D eigenvalue weighted by atomic mass is 19.1. The summed E-state index contributed by atoms with van der Waals surface area (Å²) < 4.78 is 25.8. The van der Waals surface area contributed by atoms with E-state index >= 15 is 0 Å². The van der Waals surface area contributed by atoms with Crippen molar-refractivity contribution in [3.63, 3.8) is 0 Å². The summed E-state index contributed by atoms with van der Waals surface area (Å²) in [5.41, 5.74) is 0.917. The van der Waals surface area contributed by atoms with Crippen molar-refractivity contribution in [2.45, 2.75) is 26.3 Å². The highest BCUT2D eigenvalue weighted by Gasteiger charge is 2.27. The maximum atomic E-state index is 13.7. The Morgan fingerprint density at radius 3 is 2.80 bits per heavy atom. The molecule has 0 bridgehead atoms. The van der Waals surface area contributed by atoms with Crippen LogP contribution in [0.1, 0.15) is 25.3 Å². The molecule has 1 saturated heterocycles. The van der Waals surface area contributed by atoms with Crippen molar-refractivity contribution in [3.8, 4) is 17.2 Å². The van der Waals surface area contributed by atoms with Crippen molar-refractivity contribution in [3.05, 3.63) is 76.3 Å². The largest absolute Gasteiger partial charge is 0.493 e. The third-order valence-corrected chi connectivity index (χ3v) is 5.95. The van der Waals surface area contributed by atoms with Crippen LogP contribution >= 0.6 is 0 Å². The molecule has 0 radical (unpaired) electrons. The van der Waals surface area contributed by atoms with E-state index in [9.17, 15) is 14.0 Å². The Morgan fingerprint density at radius 1 is 1.17 bits per heavy atom. The van der Waals surface area contributed by atoms with Gasteiger partial charge in [-0.15, -0.1) is 5.10 Å². The molecule has 1 fully saturated rings. The number of piperidine rings is 1. The molecule has 1 aliphatic rings. The van der Waals surface area contributed by atoms with Crippen LogP contribution < -0.4 is 25.2 Å². The van der Waals surface area contributed by atoms with E-state index in [0.29, 0.717) is 49.2 Å². The predicted molar refractivity (Wildman–Crippen MR) is 131 cm³/mol. The first-order chi connectivity index (χ1) is 17.0. The Morgan fingerprint density at radius 2 is 2.03 bits per heavy atom. The van der Waals surface area contributed by atoms with Gasteiger partial charge in [0.05, 0.1) is 25.3 Å². The monoisotopic (exact) mass is 480 g/mol. The molecular formula is C26H29FN4O4. The van der Waals surface area contributed by atoms with Crippen LogP contribution in [0.4, 0.5) is 10.2 Å². The van der Waals surface area contributed by atoms with Crippen LogP contribution in [0, 0.1) is 11.7 Å². The molecule has 35 heavy (non-hydrogen) atoms. The molecule has 1 atom stereocenters. The van der Waals surface area contributed by atoms with E-state index in [1.807, 2.05) is 30.0 Å². The van der Waals surface area contributed by atoms with E-state index in [1.165, 1.54) is 28.9 Å². The van der Waals surface area contributed by atoms with Crippen molar-refractivity contribution < 1.29 is 18.7 Å². The van der Waals surface area contributed by atoms with Gasteiger partial charge in [0.1, 0.15) is 11.6 Å². The Kier molecular flexibility index (Phi) is 7.64. The number of aromatic nitrogens is 2. The standard InChI is InChI=1S/C26H29FN4O4/c1-3-35-22-10-9-18(14-23(22)34-2)16-28-26(33)19-6-5-13-30(17-19)24-11-12-25(32)31(29-24)21-8-4-7-20(27)15-21/h4,7-12,14-15,19H,3,5-6,13,16-17H2,1-2H3,(H,28,33)/t19-/m0/s1. The number of methoxy groups -OCH3 is 1. The Bertz CT molecular complexity index is 1250. The van der Waals surface area contributed by atoms with Gasteiger partial charge in [0, 0.05) is 25.7 Å². The van der Waals surface area contributed by atoms with Crippen LogP contribution in [0.15, 0.2) is 59.4 Å². The van der Waals surface area contributed by atoms with E-state index in [-0.39, 0.29) is 17.4 Å². The van der Waals surface area contributed by atoms with Gasteiger partial charge in [-0.2, -0.15) is 4.68 Å². The number of nitrogens with one attached hydrogen (secondary N) is 1. The molecule has 0 aliphatic carbocycles. The van der Waals surface area contributed by atoms with E-state index in [2.05, 4.69) is 10.4 Å². The number of hydrogen-bond donors (Lipinski definition) is 1. The van der Waals surface area contributed by atoms with Crippen LogP contribution in [0.5, 0.6) is 11.5 Å². The third-order valence-electron chi connectivity index (χ3n) is 5.95. The SMILES string of the molecule is CCOc1ccc(CNC(=O)[C@H]2CCCN(c3ccc(=O)n(-c4cccc(F)c4)n3)C2)cc1OC. The van der Waals surface area contributed by atoms with Crippen molar-refractivity contribution in [2.75, 3.05) is 31.7 Å². The van der Waals surface area contributed by atoms with Crippen molar-refractivity contribution in [2.24, 2.45) is 5.92 Å². The summed E-state index contributed by atoms with van der Waals surface area (Å²) in [4.78, 5) is 27.3. The summed E-state index contributed by atoms with van der Waals surface area (Å²) in [7, 11) is 1.59. The van der Waals surface area contributed by atoms with E-state index < -0.39 is 5.82 Å². The minimum Gasteiger partial charge on any atom is -0.493 e. The van der Waals surface area contributed by atoms with Gasteiger partial charge in [0.2, 0.25) is 5.91 Å². The zero-order valence-electron chi connectivity index (χ0n) is 19.9. The van der Waals surface area contributed by atoms with Crippen LogP contribution in [-0.2, 0) is 11.3 Å². The average molecular weight is 481 g/mol. The fourth-order valence-electron chi connectivity index (χ4n) is 4.19. The summed E-state index contributed by atoms with van der Waals surface area (Å²) in [5.74, 6) is 1.16. The maximum absolute atomic E-state index is 13.7. The van der Waals surface area contributed by atoms with E-state index in [1.54, 1.807) is 19.2 Å². The molecule has 0 unspecified atom stereocenters. The van der Waals surface area contributed by atoms with Crippen molar-refractivity contribution >= 4 is 11.7 Å². The van der Waals surface area contributed by atoms with Gasteiger partial charge in [0.15, 0.2) is 11.5 Å². The number of hydrogen-bond acceptors (Lipinski definition) is 6. The first-order valence-corrected chi connectivity index (χ1v) is 11.7. The lowest BCUT2D eigenvalue weighted by atomic mass is 9.97. The molecule has 0 saturated carbocycles. The zero-order chi connectivity index (χ0) is 24.8. The second-order valence-electron chi connectivity index (χ2n) is 8.34. The summed E-state index contributed by atoms with van der Waals surface area (Å²) >= 11 is 0. The van der Waals surface area contributed by atoms with Crippen LogP contribution in [-0.4, -0.2) is 42.5 Å². The number of ether oxygens (including phenoxy) is 2. The van der Waals surface area contributed by atoms with Crippen LogP contribution in [0.2, 0.25) is 0 Å². The lowest BCUT2D eigenvalue weighted by Gasteiger charge is -2.33. The lowest BCUT2D eigenvalue weighted by molar-refractivity contribution is -0.125. The van der Waals surface area contributed by atoms with Gasteiger partial charge in [-0.05, 0) is 61.7 Å². The molecule has 1 aromatic heterocycles. The molecule has 1 aliphatic heterocycles. The number of nitrogens with zero attached hydrogens (tertiary/aromatic N) is 3. The van der Waals surface area contributed by atoms with Crippen molar-refractivity contribution in [1.29, 1.82) is 0 Å². The first kappa shape index (κ1) is 24.3. The smallest absolute Gasteiger partial charge is 0.271 e. The van der Waals surface area contributed by atoms with Gasteiger partial charge in [-0.1, -0.05) is 12.1 Å². The number of carbonyl (C=O) groups excluding carboxylic acids is 1. The summed E-state index contributed by atoms with van der Waals surface area (Å²) in [6, 6.07) is 14.4. The summed E-state index contributed by atoms with van der Waals surface area (Å²) in [6.07, 6.45) is 1.58. The summed E-state index contributed by atoms with van der Waals surface area (Å²) in [6.45, 7) is 4.02. The first-order valence-electron chi connectivity index (χ1n) is 11.7. The highest BCUT2D eigenvalue weighted by molar-refractivity contribution is 5.79. The van der Waals surface area contributed by atoms with Gasteiger partial charge in [-0.3, -0.25) is 9.59 Å². The van der Waals surface area contributed by atoms with Gasteiger partial charge < -0.3 is 19.7 Å². The Balaban J connectivity index is 1.42. The molecule has 4 rings (SSSR count). The molecule has 0 spiro atoms. The molecule has 8 nitrogen and oxygen atoms in total. The topological polar surface area (TPSA) is 85.7 Å². The third kappa shape index (κ3) is 5.79. The number of carbonyl (C=O) groups is 1. The molecule has 9 heteroatoms. The fraction of sp³-hybridized carbons (Fsp3) is 0.346. The minimum absolute atomic E-state index is 0.0407. The molecule has 1 amide bonds.